The maximum Gasteiger partial charge on any atom is 0.372 e. The Balaban J connectivity index is 3.76. The van der Waals surface area contributed by atoms with Crippen molar-refractivity contribution in [1.82, 2.24) is 5.32 Å². The third kappa shape index (κ3) is 4.21. The van der Waals surface area contributed by atoms with E-state index in [1.54, 1.807) is 7.05 Å². The van der Waals surface area contributed by atoms with Crippen LogP contribution in [-0.2, 0) is 14.4 Å². The molecule has 0 saturated heterocycles. The lowest BCUT2D eigenvalue weighted by Crippen LogP contribution is -2.24. The normalized spacial score (nSPS) is 9.18. The summed E-state index contributed by atoms with van der Waals surface area (Å²) in [4.78, 5) is 30.9. The van der Waals surface area contributed by atoms with Gasteiger partial charge in [-0.25, -0.2) is 4.79 Å². The average molecular weight is 159 g/mol. The first-order valence-electron chi connectivity index (χ1n) is 3.00. The summed E-state index contributed by atoms with van der Waals surface area (Å²) in [7, 11) is 1.54. The zero-order valence-electron chi connectivity index (χ0n) is 6.09. The summed E-state index contributed by atoms with van der Waals surface area (Å²) in [5.41, 5.74) is 0. The molecule has 0 aliphatic rings. The Morgan fingerprint density at radius 2 is 1.91 bits per heavy atom. The van der Waals surface area contributed by atoms with E-state index in [1.807, 2.05) is 0 Å². The van der Waals surface area contributed by atoms with Gasteiger partial charge in [-0.15, -0.1) is 0 Å². The second kappa shape index (κ2) is 4.56. The van der Waals surface area contributed by atoms with Crippen LogP contribution in [-0.4, -0.2) is 36.2 Å². The lowest BCUT2D eigenvalue weighted by Gasteiger charge is -1.94. The van der Waals surface area contributed by atoms with Crippen LogP contribution in [0.2, 0.25) is 0 Å². The third-order valence-corrected chi connectivity index (χ3v) is 0.970. The highest BCUT2D eigenvalue weighted by Crippen LogP contribution is 1.84. The second-order valence-corrected chi connectivity index (χ2v) is 1.97. The summed E-state index contributed by atoms with van der Waals surface area (Å²) in [5, 5.41) is 10.6. The molecule has 0 spiro atoms. The highest BCUT2D eigenvalue weighted by atomic mass is 16.4. The van der Waals surface area contributed by atoms with Crippen LogP contribution in [0.5, 0.6) is 0 Å². The molecule has 0 radical (unpaired) electrons. The SMILES string of the molecule is CNCC(=O)CC(=O)C(=O)O. The molecule has 5 heteroatoms. The molecule has 0 rings (SSSR count). The summed E-state index contributed by atoms with van der Waals surface area (Å²) in [6.07, 6.45) is -0.532. The van der Waals surface area contributed by atoms with Crippen molar-refractivity contribution in [2.24, 2.45) is 0 Å². The number of hydrogen-bond acceptors (Lipinski definition) is 4. The van der Waals surface area contributed by atoms with E-state index in [1.165, 1.54) is 0 Å². The van der Waals surface area contributed by atoms with Gasteiger partial charge >= 0.3 is 5.97 Å². The second-order valence-electron chi connectivity index (χ2n) is 1.97. The molecule has 11 heavy (non-hydrogen) atoms. The zero-order valence-corrected chi connectivity index (χ0v) is 6.09. The number of aliphatic carboxylic acids is 1. The van der Waals surface area contributed by atoms with Gasteiger partial charge in [0.05, 0.1) is 13.0 Å². The van der Waals surface area contributed by atoms with Crippen molar-refractivity contribution in [2.45, 2.75) is 6.42 Å². The molecule has 0 saturated carbocycles. The van der Waals surface area contributed by atoms with Crippen LogP contribution in [0.15, 0.2) is 0 Å². The fourth-order valence-corrected chi connectivity index (χ4v) is 0.514. The standard InChI is InChI=1S/C6H9NO4/c1-7-3-4(8)2-5(9)6(10)11/h7H,2-3H2,1H3,(H,10,11). The topological polar surface area (TPSA) is 83.5 Å². The third-order valence-electron chi connectivity index (χ3n) is 0.970. The number of Topliss-reactive ketones (excluding diaryl/α,β-unsaturated/α-hetero) is 2. The molecule has 0 aromatic carbocycles. The number of likely N-dealkylation sites (N-methyl/N-ethyl adjacent to an activating group) is 1. The molecule has 2 N–H and O–H groups in total. The van der Waals surface area contributed by atoms with Crippen LogP contribution in [0, 0.1) is 0 Å². The van der Waals surface area contributed by atoms with Crippen LogP contribution in [0.25, 0.3) is 0 Å². The first kappa shape index (κ1) is 9.77. The Bertz CT molecular complexity index is 187. The Labute approximate surface area is 63.4 Å². The van der Waals surface area contributed by atoms with Crippen molar-refractivity contribution in [1.29, 1.82) is 0 Å². The molecule has 5 nitrogen and oxygen atoms in total. The van der Waals surface area contributed by atoms with Crippen molar-refractivity contribution in [3.05, 3.63) is 0 Å². The first-order valence-corrected chi connectivity index (χ1v) is 3.00. The van der Waals surface area contributed by atoms with Gasteiger partial charge in [-0.3, -0.25) is 9.59 Å². The van der Waals surface area contributed by atoms with Gasteiger partial charge < -0.3 is 10.4 Å². The van der Waals surface area contributed by atoms with Gasteiger partial charge in [-0.1, -0.05) is 0 Å². The van der Waals surface area contributed by atoms with Crippen molar-refractivity contribution in [3.8, 4) is 0 Å². The minimum atomic E-state index is -1.56. The van der Waals surface area contributed by atoms with E-state index in [2.05, 4.69) is 5.32 Å². The lowest BCUT2D eigenvalue weighted by atomic mass is 10.2. The molecular weight excluding hydrogens is 150 g/mol. The lowest BCUT2D eigenvalue weighted by molar-refractivity contribution is -0.150. The van der Waals surface area contributed by atoms with Crippen LogP contribution in [0.1, 0.15) is 6.42 Å². The van der Waals surface area contributed by atoms with Gasteiger partial charge in [-0.2, -0.15) is 0 Å². The van der Waals surface area contributed by atoms with E-state index in [0.29, 0.717) is 0 Å². The van der Waals surface area contributed by atoms with E-state index in [0.717, 1.165) is 0 Å². The van der Waals surface area contributed by atoms with Gasteiger partial charge in [0.25, 0.3) is 0 Å². The zero-order chi connectivity index (χ0) is 8.85. The number of ketones is 2. The quantitative estimate of drug-likeness (QED) is 0.389. The van der Waals surface area contributed by atoms with Gasteiger partial charge in [-0.05, 0) is 7.05 Å². The minimum Gasteiger partial charge on any atom is -0.475 e. The van der Waals surface area contributed by atoms with Gasteiger partial charge in [0, 0.05) is 0 Å². The fourth-order valence-electron chi connectivity index (χ4n) is 0.514. The number of carboxylic acid groups (broad SMARTS) is 1. The van der Waals surface area contributed by atoms with E-state index in [-0.39, 0.29) is 6.54 Å². The van der Waals surface area contributed by atoms with E-state index in [9.17, 15) is 14.4 Å². The van der Waals surface area contributed by atoms with Crippen molar-refractivity contribution in [2.75, 3.05) is 13.6 Å². The van der Waals surface area contributed by atoms with Crippen LogP contribution < -0.4 is 5.32 Å². The number of hydrogen-bond donors (Lipinski definition) is 2. The molecule has 0 bridgehead atoms. The molecule has 0 unspecified atom stereocenters. The largest absolute Gasteiger partial charge is 0.475 e. The molecule has 0 amide bonds. The smallest absolute Gasteiger partial charge is 0.372 e. The highest BCUT2D eigenvalue weighted by Gasteiger charge is 2.15. The van der Waals surface area contributed by atoms with E-state index < -0.39 is 24.0 Å². The maximum absolute atomic E-state index is 10.6. The Hall–Kier alpha value is -1.23. The molecule has 62 valence electrons. The van der Waals surface area contributed by atoms with Crippen LogP contribution >= 0.6 is 0 Å². The molecule has 0 aromatic rings. The number of nitrogens with one attached hydrogen (secondary N) is 1. The van der Waals surface area contributed by atoms with Crippen LogP contribution in [0.3, 0.4) is 0 Å². The molecular formula is C6H9NO4. The number of carbonyl (C=O) groups excluding carboxylic acids is 2. The molecule has 0 aliphatic heterocycles. The highest BCUT2D eigenvalue weighted by molar-refractivity contribution is 6.36. The van der Waals surface area contributed by atoms with E-state index in [4.69, 9.17) is 5.11 Å². The van der Waals surface area contributed by atoms with Gasteiger partial charge in [0.15, 0.2) is 5.78 Å². The Kier molecular flexibility index (Phi) is 4.05. The fraction of sp³-hybridized carbons (Fsp3) is 0.500. The first-order chi connectivity index (χ1) is 5.07. The Morgan fingerprint density at radius 1 is 1.36 bits per heavy atom. The summed E-state index contributed by atoms with van der Waals surface area (Å²) in [6.45, 7) is 0.0268. The molecule has 0 aromatic heterocycles. The Morgan fingerprint density at radius 3 is 2.27 bits per heavy atom. The molecule has 0 atom stereocenters. The monoisotopic (exact) mass is 159 g/mol. The minimum absolute atomic E-state index is 0.0268. The average Bonchev–Trinajstić information content (AvgIpc) is 1.87. The van der Waals surface area contributed by atoms with E-state index >= 15 is 0 Å². The predicted octanol–water partition coefficient (Wildman–Crippen LogP) is -1.18. The molecule has 0 fully saturated rings. The summed E-state index contributed by atoms with van der Waals surface area (Å²) < 4.78 is 0. The van der Waals surface area contributed by atoms with Gasteiger partial charge in [0.1, 0.15) is 0 Å². The summed E-state index contributed by atoms with van der Waals surface area (Å²) >= 11 is 0. The maximum atomic E-state index is 10.6. The summed E-state index contributed by atoms with van der Waals surface area (Å²) in [6, 6.07) is 0. The number of carbonyl (C=O) groups is 3. The predicted molar refractivity (Wildman–Crippen MR) is 36.2 cm³/mol. The molecule has 0 aliphatic carbocycles. The number of rotatable bonds is 5. The van der Waals surface area contributed by atoms with Crippen molar-refractivity contribution < 1.29 is 19.5 Å². The van der Waals surface area contributed by atoms with Crippen molar-refractivity contribution >= 4 is 17.5 Å². The van der Waals surface area contributed by atoms with Gasteiger partial charge in [0.2, 0.25) is 5.78 Å². The van der Waals surface area contributed by atoms with Crippen molar-refractivity contribution in [3.63, 3.8) is 0 Å². The molecule has 0 heterocycles. The van der Waals surface area contributed by atoms with Crippen LogP contribution in [0.4, 0.5) is 0 Å². The summed E-state index contributed by atoms with van der Waals surface area (Å²) in [5.74, 6) is -3.04. The number of carboxylic acids is 1.